The van der Waals surface area contributed by atoms with Gasteiger partial charge in [-0.15, -0.1) is 12.6 Å². The number of carbonyl (C=O) groups excluding carboxylic acids is 2. The van der Waals surface area contributed by atoms with Crippen LogP contribution in [-0.4, -0.2) is 51.9 Å². The minimum atomic E-state index is -0.0548. The smallest absolute Gasteiger partial charge is 0.324 e. The fourth-order valence-electron chi connectivity index (χ4n) is 4.10. The lowest BCUT2D eigenvalue weighted by Gasteiger charge is -2.42. The van der Waals surface area contributed by atoms with Gasteiger partial charge in [-0.25, -0.2) is 9.78 Å². The number of rotatable bonds is 3. The molecule has 1 saturated carbocycles. The first-order chi connectivity index (χ1) is 12.5. The van der Waals surface area contributed by atoms with Crippen molar-refractivity contribution >= 4 is 41.0 Å². The highest BCUT2D eigenvalue weighted by atomic mass is 32.2. The van der Waals surface area contributed by atoms with Gasteiger partial charge in [-0.2, -0.15) is 0 Å². The third-order valence-corrected chi connectivity index (χ3v) is 6.57. The second kappa shape index (κ2) is 9.08. The van der Waals surface area contributed by atoms with E-state index in [0.717, 1.165) is 43.0 Å². The molecule has 26 heavy (non-hydrogen) atoms. The van der Waals surface area contributed by atoms with Crippen molar-refractivity contribution in [2.24, 2.45) is 0 Å². The van der Waals surface area contributed by atoms with E-state index in [0.29, 0.717) is 5.13 Å². The molecule has 2 fully saturated rings. The van der Waals surface area contributed by atoms with Crippen molar-refractivity contribution in [3.8, 4) is 0 Å². The molecule has 0 unspecified atom stereocenters. The Hall–Kier alpha value is -1.28. The number of hydrogen-bond acceptors (Lipinski definition) is 5. The number of hydrogen-bond donors (Lipinski definition) is 2. The number of carbonyl (C=O) groups is 2. The van der Waals surface area contributed by atoms with E-state index in [4.69, 9.17) is 0 Å². The standard InChI is InChI=1S/C18H28N4O2S2/c1-13(23)21-10-8-15(9-11-21)22(14-6-4-2-3-5-7-14)18(24)20-17-19-12-16(25)26-17/h12,14-15,25H,2-11H2,1H3,(H,19,20,24). The summed E-state index contributed by atoms with van der Waals surface area (Å²) in [5, 5.41) is 3.57. The molecular weight excluding hydrogens is 368 g/mol. The number of nitrogens with one attached hydrogen (secondary N) is 1. The Morgan fingerprint density at radius 1 is 1.15 bits per heavy atom. The van der Waals surface area contributed by atoms with Crippen LogP contribution in [0.1, 0.15) is 58.3 Å². The van der Waals surface area contributed by atoms with Crippen molar-refractivity contribution in [3.63, 3.8) is 0 Å². The van der Waals surface area contributed by atoms with Crippen LogP contribution in [0, 0.1) is 0 Å². The largest absolute Gasteiger partial charge is 0.343 e. The molecule has 0 aromatic carbocycles. The first kappa shape index (κ1) is 19.5. The molecule has 0 atom stereocenters. The summed E-state index contributed by atoms with van der Waals surface area (Å²) in [7, 11) is 0. The summed E-state index contributed by atoms with van der Waals surface area (Å²) in [6.45, 7) is 3.08. The van der Waals surface area contributed by atoms with E-state index in [9.17, 15) is 9.59 Å². The highest BCUT2D eigenvalue weighted by Crippen LogP contribution is 2.29. The van der Waals surface area contributed by atoms with E-state index in [2.05, 4.69) is 27.8 Å². The minimum Gasteiger partial charge on any atom is -0.343 e. The summed E-state index contributed by atoms with van der Waals surface area (Å²) < 4.78 is 0.788. The Kier molecular flexibility index (Phi) is 6.80. The zero-order valence-electron chi connectivity index (χ0n) is 15.3. The third kappa shape index (κ3) is 4.91. The van der Waals surface area contributed by atoms with Gasteiger partial charge in [0.15, 0.2) is 5.13 Å². The number of anilines is 1. The number of thiol groups is 1. The lowest BCUT2D eigenvalue weighted by Crippen LogP contribution is -2.53. The zero-order valence-corrected chi connectivity index (χ0v) is 17.0. The molecule has 2 heterocycles. The summed E-state index contributed by atoms with van der Waals surface area (Å²) in [4.78, 5) is 32.9. The Bertz CT molecular complexity index is 620. The number of amides is 3. The van der Waals surface area contributed by atoms with E-state index < -0.39 is 0 Å². The monoisotopic (exact) mass is 396 g/mol. The van der Waals surface area contributed by atoms with Crippen LogP contribution in [0.5, 0.6) is 0 Å². The molecule has 3 rings (SSSR count). The van der Waals surface area contributed by atoms with Crippen LogP contribution in [0.15, 0.2) is 10.4 Å². The van der Waals surface area contributed by atoms with E-state index in [1.165, 1.54) is 37.0 Å². The average molecular weight is 397 g/mol. The second-order valence-electron chi connectivity index (χ2n) is 7.22. The van der Waals surface area contributed by atoms with E-state index in [-0.39, 0.29) is 24.0 Å². The number of thiazole rings is 1. The van der Waals surface area contributed by atoms with Gasteiger partial charge in [0.05, 0.1) is 10.4 Å². The number of aromatic nitrogens is 1. The molecule has 1 aliphatic heterocycles. The molecule has 2 aliphatic rings. The van der Waals surface area contributed by atoms with Gasteiger partial charge >= 0.3 is 6.03 Å². The first-order valence-corrected chi connectivity index (χ1v) is 10.8. The van der Waals surface area contributed by atoms with Gasteiger partial charge in [0.1, 0.15) is 0 Å². The Balaban J connectivity index is 1.72. The average Bonchev–Trinajstić information content (AvgIpc) is 2.85. The van der Waals surface area contributed by atoms with Gasteiger partial charge in [-0.3, -0.25) is 10.1 Å². The van der Waals surface area contributed by atoms with Crippen LogP contribution in [0.4, 0.5) is 9.93 Å². The van der Waals surface area contributed by atoms with E-state index >= 15 is 0 Å². The first-order valence-electron chi connectivity index (χ1n) is 9.54. The van der Waals surface area contributed by atoms with Crippen molar-refractivity contribution in [1.29, 1.82) is 0 Å². The zero-order chi connectivity index (χ0) is 18.5. The van der Waals surface area contributed by atoms with Crippen LogP contribution < -0.4 is 5.32 Å². The molecule has 144 valence electrons. The predicted octanol–water partition coefficient (Wildman–Crippen LogP) is 4.00. The molecule has 8 heteroatoms. The molecule has 0 spiro atoms. The van der Waals surface area contributed by atoms with Crippen molar-refractivity contribution in [2.45, 2.75) is 74.6 Å². The fourth-order valence-corrected chi connectivity index (χ4v) is 4.97. The maximum absolute atomic E-state index is 13.1. The van der Waals surface area contributed by atoms with Crippen molar-refractivity contribution in [2.75, 3.05) is 18.4 Å². The molecule has 6 nitrogen and oxygen atoms in total. The summed E-state index contributed by atoms with van der Waals surface area (Å²) in [6, 6.07) is 0.409. The normalized spacial score (nSPS) is 19.8. The fraction of sp³-hybridized carbons (Fsp3) is 0.722. The Morgan fingerprint density at radius 2 is 1.77 bits per heavy atom. The summed E-state index contributed by atoms with van der Waals surface area (Å²) in [5.74, 6) is 0.123. The lowest BCUT2D eigenvalue weighted by atomic mass is 9.98. The molecule has 0 bridgehead atoms. The molecule has 0 radical (unpaired) electrons. The summed E-state index contributed by atoms with van der Waals surface area (Å²) in [6.07, 6.45) is 10.3. The molecule has 3 amide bonds. The summed E-state index contributed by atoms with van der Waals surface area (Å²) in [5.41, 5.74) is 0. The van der Waals surface area contributed by atoms with Gasteiger partial charge in [-0.1, -0.05) is 37.0 Å². The minimum absolute atomic E-state index is 0.0548. The van der Waals surface area contributed by atoms with Crippen molar-refractivity contribution in [1.82, 2.24) is 14.8 Å². The number of likely N-dealkylation sites (tertiary alicyclic amines) is 1. The lowest BCUT2D eigenvalue weighted by molar-refractivity contribution is -0.130. The molecule has 1 aliphatic carbocycles. The predicted molar refractivity (Wildman–Crippen MR) is 107 cm³/mol. The topological polar surface area (TPSA) is 65.5 Å². The SMILES string of the molecule is CC(=O)N1CCC(N(C(=O)Nc2ncc(S)s2)C2CCCCCC2)CC1. The molecule has 1 aromatic heterocycles. The second-order valence-corrected chi connectivity index (χ2v) is 9.04. The maximum Gasteiger partial charge on any atom is 0.324 e. The van der Waals surface area contributed by atoms with Crippen LogP contribution >= 0.6 is 24.0 Å². The van der Waals surface area contributed by atoms with E-state index in [1.807, 2.05) is 4.90 Å². The Morgan fingerprint density at radius 3 is 2.31 bits per heavy atom. The van der Waals surface area contributed by atoms with Gasteiger partial charge in [0.2, 0.25) is 5.91 Å². The highest BCUT2D eigenvalue weighted by Gasteiger charge is 2.34. The van der Waals surface area contributed by atoms with Crippen LogP contribution in [-0.2, 0) is 4.79 Å². The van der Waals surface area contributed by atoms with E-state index in [1.54, 1.807) is 13.1 Å². The summed E-state index contributed by atoms with van der Waals surface area (Å²) >= 11 is 5.66. The molecular formula is C18H28N4O2S2. The molecule has 1 aromatic rings. The Labute approximate surface area is 164 Å². The van der Waals surface area contributed by atoms with Crippen LogP contribution in [0.2, 0.25) is 0 Å². The van der Waals surface area contributed by atoms with Crippen LogP contribution in [0.3, 0.4) is 0 Å². The highest BCUT2D eigenvalue weighted by molar-refractivity contribution is 7.83. The third-order valence-electron chi connectivity index (χ3n) is 5.46. The maximum atomic E-state index is 13.1. The van der Waals surface area contributed by atoms with Gasteiger partial charge < -0.3 is 9.80 Å². The van der Waals surface area contributed by atoms with Crippen molar-refractivity contribution in [3.05, 3.63) is 6.20 Å². The van der Waals surface area contributed by atoms with Gasteiger partial charge in [-0.05, 0) is 25.7 Å². The molecule has 1 N–H and O–H groups in total. The van der Waals surface area contributed by atoms with Gasteiger partial charge in [0.25, 0.3) is 0 Å². The van der Waals surface area contributed by atoms with Crippen molar-refractivity contribution < 1.29 is 9.59 Å². The quantitative estimate of drug-likeness (QED) is 0.599. The number of urea groups is 1. The number of nitrogens with zero attached hydrogens (tertiary/aromatic N) is 3. The van der Waals surface area contributed by atoms with Crippen LogP contribution in [0.25, 0.3) is 0 Å². The molecule has 1 saturated heterocycles. The van der Waals surface area contributed by atoms with Gasteiger partial charge in [0, 0.05) is 32.1 Å². The number of piperidine rings is 1.